The lowest BCUT2D eigenvalue weighted by Crippen LogP contribution is -2.54. The lowest BCUT2D eigenvalue weighted by Gasteiger charge is -2.58. The van der Waals surface area contributed by atoms with Crippen LogP contribution in [0.2, 0.25) is 0 Å². The summed E-state index contributed by atoms with van der Waals surface area (Å²) in [5, 5.41) is 3.16. The smallest absolute Gasteiger partial charge is 0.351 e. The summed E-state index contributed by atoms with van der Waals surface area (Å²) in [7, 11) is 0. The molecule has 0 aliphatic heterocycles. The average molecular weight is 440 g/mol. The van der Waals surface area contributed by atoms with E-state index in [1.165, 1.54) is 0 Å². The van der Waals surface area contributed by atoms with Gasteiger partial charge in [0.1, 0.15) is 0 Å². The molecule has 0 saturated heterocycles. The third-order valence-corrected chi connectivity index (χ3v) is 9.22. The molecule has 3 nitrogen and oxygen atoms in total. The van der Waals surface area contributed by atoms with Crippen LogP contribution in [0.3, 0.4) is 0 Å². The minimum absolute atomic E-state index is 0.00336. The molecule has 31 heavy (non-hydrogen) atoms. The van der Waals surface area contributed by atoms with Crippen molar-refractivity contribution in [3.8, 4) is 0 Å². The van der Waals surface area contributed by atoms with Crippen molar-refractivity contribution in [2.45, 2.75) is 97.7 Å². The van der Waals surface area contributed by atoms with Gasteiger partial charge in [0, 0.05) is 17.9 Å². The topological polar surface area (TPSA) is 46.2 Å². The molecular formula is C25H36F3NO2. The molecule has 3 fully saturated rings. The van der Waals surface area contributed by atoms with E-state index >= 15 is 0 Å². The second kappa shape index (κ2) is 7.08. The Kier molecular flexibility index (Phi) is 5.22. The molecule has 0 radical (unpaired) electrons. The summed E-state index contributed by atoms with van der Waals surface area (Å²) in [5.41, 5.74) is -1.38. The number of hydrogen-bond donors (Lipinski definition) is 1. The fraction of sp³-hybridized carbons (Fsp3) is 0.840. The van der Waals surface area contributed by atoms with Crippen LogP contribution in [0.4, 0.5) is 13.2 Å². The van der Waals surface area contributed by atoms with Crippen LogP contribution in [0.15, 0.2) is 11.1 Å². The van der Waals surface area contributed by atoms with Gasteiger partial charge in [-0.3, -0.25) is 9.59 Å². The quantitative estimate of drug-likeness (QED) is 0.546. The van der Waals surface area contributed by atoms with E-state index in [4.69, 9.17) is 0 Å². The molecule has 0 aromatic heterocycles. The number of alkyl halides is 3. The van der Waals surface area contributed by atoms with E-state index in [1.807, 2.05) is 27.7 Å². The molecule has 1 amide bonds. The molecule has 4 aliphatic carbocycles. The fourth-order valence-corrected chi connectivity index (χ4v) is 7.93. The number of fused-ring (bicyclic) bond motifs is 5. The highest BCUT2D eigenvalue weighted by Gasteiger charge is 2.62. The molecule has 1 N–H and O–H groups in total. The van der Waals surface area contributed by atoms with Crippen LogP contribution >= 0.6 is 0 Å². The highest BCUT2D eigenvalue weighted by atomic mass is 19.4. The maximum atomic E-state index is 13.8. The van der Waals surface area contributed by atoms with Gasteiger partial charge in [-0.1, -0.05) is 13.8 Å². The maximum Gasteiger partial charge on any atom is 0.419 e. The Morgan fingerprint density at radius 1 is 0.968 bits per heavy atom. The van der Waals surface area contributed by atoms with E-state index in [0.29, 0.717) is 36.7 Å². The van der Waals surface area contributed by atoms with Gasteiger partial charge in [-0.15, -0.1) is 0 Å². The number of allylic oxidation sites excluding steroid dienone is 1. The van der Waals surface area contributed by atoms with Crippen molar-refractivity contribution in [2.24, 2.45) is 34.5 Å². The largest absolute Gasteiger partial charge is 0.419 e. The summed E-state index contributed by atoms with van der Waals surface area (Å²) in [4.78, 5) is 25.3. The van der Waals surface area contributed by atoms with Gasteiger partial charge >= 0.3 is 6.18 Å². The monoisotopic (exact) mass is 439 g/mol. The number of halogens is 3. The molecule has 4 rings (SSSR count). The van der Waals surface area contributed by atoms with E-state index in [1.54, 1.807) is 0 Å². The van der Waals surface area contributed by atoms with Crippen LogP contribution in [0, 0.1) is 34.5 Å². The van der Waals surface area contributed by atoms with Crippen molar-refractivity contribution in [3.63, 3.8) is 0 Å². The zero-order valence-electron chi connectivity index (χ0n) is 19.4. The minimum Gasteiger partial charge on any atom is -0.351 e. The second-order valence-corrected chi connectivity index (χ2v) is 12.0. The Morgan fingerprint density at radius 2 is 1.65 bits per heavy atom. The van der Waals surface area contributed by atoms with Gasteiger partial charge in [-0.25, -0.2) is 0 Å². The van der Waals surface area contributed by atoms with E-state index in [9.17, 15) is 22.8 Å². The summed E-state index contributed by atoms with van der Waals surface area (Å²) < 4.78 is 41.4. The van der Waals surface area contributed by atoms with Crippen molar-refractivity contribution in [2.75, 3.05) is 0 Å². The number of Topliss-reactive ketones (excluding diaryl/α,β-unsaturated/α-hetero) is 1. The molecule has 0 heterocycles. The highest BCUT2D eigenvalue weighted by molar-refractivity contribution is 5.98. The Labute approximate surface area is 183 Å². The highest BCUT2D eigenvalue weighted by Crippen LogP contribution is 2.67. The normalized spacial score (nSPS) is 40.8. The first-order valence-electron chi connectivity index (χ1n) is 11.8. The zero-order chi connectivity index (χ0) is 23.0. The fourth-order valence-electron chi connectivity index (χ4n) is 7.93. The molecular weight excluding hydrogens is 403 g/mol. The third kappa shape index (κ3) is 3.56. The Hall–Kier alpha value is -1.33. The molecule has 174 valence electrons. The van der Waals surface area contributed by atoms with Gasteiger partial charge < -0.3 is 5.32 Å². The van der Waals surface area contributed by atoms with Crippen LogP contribution < -0.4 is 5.32 Å². The van der Waals surface area contributed by atoms with Gasteiger partial charge in [0.2, 0.25) is 5.91 Å². The zero-order valence-corrected chi connectivity index (χ0v) is 19.4. The third-order valence-electron chi connectivity index (χ3n) is 9.22. The van der Waals surface area contributed by atoms with Gasteiger partial charge in [-0.05, 0) is 99.9 Å². The number of carbonyl (C=O) groups excluding carboxylic acids is 2. The van der Waals surface area contributed by atoms with E-state index < -0.39 is 22.9 Å². The van der Waals surface area contributed by atoms with Crippen molar-refractivity contribution in [1.82, 2.24) is 5.32 Å². The number of rotatable bonds is 1. The number of hydrogen-bond acceptors (Lipinski definition) is 2. The summed E-state index contributed by atoms with van der Waals surface area (Å²) in [6, 6.07) is 0. The average Bonchev–Trinajstić information content (AvgIpc) is 2.97. The van der Waals surface area contributed by atoms with Crippen LogP contribution in [-0.4, -0.2) is 23.4 Å². The second-order valence-electron chi connectivity index (χ2n) is 12.0. The van der Waals surface area contributed by atoms with Crippen molar-refractivity contribution in [1.29, 1.82) is 0 Å². The van der Waals surface area contributed by atoms with E-state index in [2.05, 4.69) is 12.2 Å². The van der Waals surface area contributed by atoms with E-state index in [0.717, 1.165) is 25.7 Å². The van der Waals surface area contributed by atoms with Crippen LogP contribution in [0.1, 0.15) is 86.0 Å². The van der Waals surface area contributed by atoms with Gasteiger partial charge in [0.05, 0.1) is 5.57 Å². The number of carbonyl (C=O) groups is 2. The summed E-state index contributed by atoms with van der Waals surface area (Å²) in [6.07, 6.45) is 0.580. The van der Waals surface area contributed by atoms with Gasteiger partial charge in [0.25, 0.3) is 0 Å². The Balaban J connectivity index is 1.64. The molecule has 0 aromatic rings. The summed E-state index contributed by atoms with van der Waals surface area (Å²) in [5.74, 6) is 0.250. The van der Waals surface area contributed by atoms with E-state index in [-0.39, 0.29) is 35.1 Å². The molecule has 0 aromatic carbocycles. The molecule has 0 bridgehead atoms. The van der Waals surface area contributed by atoms with Crippen molar-refractivity contribution in [3.05, 3.63) is 11.1 Å². The summed E-state index contributed by atoms with van der Waals surface area (Å²) >= 11 is 0. The first kappa shape index (κ1) is 22.8. The Bertz CT molecular complexity index is 824. The first-order chi connectivity index (χ1) is 14.2. The lowest BCUT2D eigenvalue weighted by molar-refractivity contribution is -0.138. The number of ketones is 1. The molecule has 3 saturated carbocycles. The maximum absolute atomic E-state index is 13.8. The molecule has 6 heteroatoms. The molecule has 6 atom stereocenters. The molecule has 4 aliphatic rings. The van der Waals surface area contributed by atoms with Crippen LogP contribution in [0.5, 0.6) is 0 Å². The van der Waals surface area contributed by atoms with Crippen LogP contribution in [-0.2, 0) is 9.59 Å². The molecule has 0 spiro atoms. The standard InChI is InChI=1S/C25H36F3NO2/c1-22(2,3)29-21(31)18-9-8-15-14-6-7-17-20(25(26,27)28)19(30)11-13-23(17,4)16(14)10-12-24(15,18)5/h14-16,18H,6-13H2,1-5H3,(H,29,31)/t14?,15?,16?,18-,23-,24+/m1/s1. The van der Waals surface area contributed by atoms with Gasteiger partial charge in [-0.2, -0.15) is 13.2 Å². The van der Waals surface area contributed by atoms with Crippen LogP contribution in [0.25, 0.3) is 0 Å². The SMILES string of the molecule is CC(C)(C)NC(=O)[C@H]1CCC2C3CCC4=C(C(F)(F)F)C(=O)CC[C@]4(C)C3CC[C@@]21C. The molecule has 3 unspecified atom stereocenters. The number of amides is 1. The Morgan fingerprint density at radius 3 is 2.26 bits per heavy atom. The minimum atomic E-state index is -4.56. The number of nitrogens with one attached hydrogen (secondary N) is 1. The lowest BCUT2D eigenvalue weighted by atomic mass is 9.46. The van der Waals surface area contributed by atoms with Gasteiger partial charge in [0.15, 0.2) is 5.78 Å². The predicted octanol–water partition coefficient (Wildman–Crippen LogP) is 5.98. The van der Waals surface area contributed by atoms with Crippen molar-refractivity contribution < 1.29 is 22.8 Å². The summed E-state index contributed by atoms with van der Waals surface area (Å²) in [6.45, 7) is 10.2. The predicted molar refractivity (Wildman–Crippen MR) is 113 cm³/mol. The van der Waals surface area contributed by atoms with Crippen molar-refractivity contribution >= 4 is 11.7 Å². The first-order valence-corrected chi connectivity index (χ1v) is 11.8.